The van der Waals surface area contributed by atoms with Crippen molar-refractivity contribution >= 4 is 10.9 Å². The molecule has 19 heavy (non-hydrogen) atoms. The lowest BCUT2D eigenvalue weighted by atomic mass is 9.91. The van der Waals surface area contributed by atoms with Crippen LogP contribution in [0.3, 0.4) is 0 Å². The predicted octanol–water partition coefficient (Wildman–Crippen LogP) is 2.56. The Morgan fingerprint density at radius 1 is 1.16 bits per heavy atom. The van der Waals surface area contributed by atoms with E-state index >= 15 is 0 Å². The fourth-order valence-corrected chi connectivity index (χ4v) is 2.70. The second-order valence-corrected chi connectivity index (χ2v) is 5.22. The summed E-state index contributed by atoms with van der Waals surface area (Å²) >= 11 is 0. The third kappa shape index (κ3) is 2.94. The highest BCUT2D eigenvalue weighted by molar-refractivity contribution is 5.78. The Morgan fingerprint density at radius 3 is 2.79 bits per heavy atom. The summed E-state index contributed by atoms with van der Waals surface area (Å²) in [5.41, 5.74) is 1.97. The van der Waals surface area contributed by atoms with Gasteiger partial charge in [0.25, 0.3) is 0 Å². The van der Waals surface area contributed by atoms with Crippen molar-refractivity contribution in [2.24, 2.45) is 5.92 Å². The van der Waals surface area contributed by atoms with Crippen LogP contribution in [0.2, 0.25) is 0 Å². The van der Waals surface area contributed by atoms with Gasteiger partial charge >= 0.3 is 0 Å². The number of nitrogens with zero attached hydrogens (tertiary/aromatic N) is 1. The van der Waals surface area contributed by atoms with Gasteiger partial charge in [-0.15, -0.1) is 0 Å². The van der Waals surface area contributed by atoms with E-state index in [1.165, 1.54) is 0 Å². The molecule has 1 aliphatic rings. The number of fused-ring (bicyclic) bond motifs is 1. The van der Waals surface area contributed by atoms with Gasteiger partial charge in [0.1, 0.15) is 0 Å². The van der Waals surface area contributed by atoms with Gasteiger partial charge in [0.2, 0.25) is 0 Å². The molecule has 1 aromatic carbocycles. The average Bonchev–Trinajstić information content (AvgIpc) is 2.48. The minimum Gasteiger partial charge on any atom is -0.392 e. The van der Waals surface area contributed by atoms with Gasteiger partial charge in [0.05, 0.1) is 11.6 Å². The number of pyridine rings is 1. The van der Waals surface area contributed by atoms with Crippen molar-refractivity contribution in [3.05, 3.63) is 42.1 Å². The first-order valence-electron chi connectivity index (χ1n) is 6.93. The SMILES string of the molecule is OC(Cc1ccc2ccccc2n1)C1CCOCC1. The molecule has 0 radical (unpaired) electrons. The van der Waals surface area contributed by atoms with Gasteiger partial charge in [-0.25, -0.2) is 0 Å². The van der Waals surface area contributed by atoms with Crippen LogP contribution >= 0.6 is 0 Å². The topological polar surface area (TPSA) is 42.4 Å². The summed E-state index contributed by atoms with van der Waals surface area (Å²) in [5.74, 6) is 0.349. The van der Waals surface area contributed by atoms with Gasteiger partial charge in [-0.1, -0.05) is 24.3 Å². The highest BCUT2D eigenvalue weighted by Gasteiger charge is 2.22. The molecule has 1 N–H and O–H groups in total. The number of benzene rings is 1. The molecular weight excluding hydrogens is 238 g/mol. The Morgan fingerprint density at radius 2 is 1.95 bits per heavy atom. The molecule has 1 aromatic heterocycles. The van der Waals surface area contributed by atoms with Crippen LogP contribution in [0.4, 0.5) is 0 Å². The van der Waals surface area contributed by atoms with Crippen LogP contribution in [0.15, 0.2) is 36.4 Å². The zero-order chi connectivity index (χ0) is 13.1. The van der Waals surface area contributed by atoms with E-state index in [9.17, 15) is 5.11 Å². The van der Waals surface area contributed by atoms with E-state index in [1.807, 2.05) is 24.3 Å². The van der Waals surface area contributed by atoms with Gasteiger partial charge in [-0.3, -0.25) is 4.98 Å². The van der Waals surface area contributed by atoms with Crippen molar-refractivity contribution < 1.29 is 9.84 Å². The lowest BCUT2D eigenvalue weighted by molar-refractivity contribution is 0.00809. The van der Waals surface area contributed by atoms with Gasteiger partial charge < -0.3 is 9.84 Å². The molecule has 3 nitrogen and oxygen atoms in total. The zero-order valence-corrected chi connectivity index (χ0v) is 11.0. The molecule has 3 heteroatoms. The maximum atomic E-state index is 10.3. The van der Waals surface area contributed by atoms with Crippen LogP contribution in [-0.4, -0.2) is 29.4 Å². The molecule has 1 unspecified atom stereocenters. The molecule has 2 aromatic rings. The maximum absolute atomic E-state index is 10.3. The van der Waals surface area contributed by atoms with E-state index in [-0.39, 0.29) is 6.10 Å². The number of hydrogen-bond acceptors (Lipinski definition) is 3. The molecular formula is C16H19NO2. The molecule has 1 atom stereocenters. The number of para-hydroxylation sites is 1. The van der Waals surface area contributed by atoms with Crippen molar-refractivity contribution in [2.75, 3.05) is 13.2 Å². The molecule has 3 rings (SSSR count). The van der Waals surface area contributed by atoms with Crippen LogP contribution < -0.4 is 0 Å². The molecule has 100 valence electrons. The van der Waals surface area contributed by atoms with Crippen molar-refractivity contribution in [1.82, 2.24) is 4.98 Å². The fourth-order valence-electron chi connectivity index (χ4n) is 2.70. The normalized spacial score (nSPS) is 18.6. The molecule has 0 aliphatic carbocycles. The van der Waals surface area contributed by atoms with E-state index in [0.717, 1.165) is 42.7 Å². The number of aliphatic hydroxyl groups excluding tert-OH is 1. The lowest BCUT2D eigenvalue weighted by Crippen LogP contribution is -2.29. The number of hydrogen-bond donors (Lipinski definition) is 1. The highest BCUT2D eigenvalue weighted by Crippen LogP contribution is 2.21. The van der Waals surface area contributed by atoms with Crippen LogP contribution in [0.1, 0.15) is 18.5 Å². The first-order valence-corrected chi connectivity index (χ1v) is 6.93. The summed E-state index contributed by atoms with van der Waals surface area (Å²) in [6, 6.07) is 12.2. The summed E-state index contributed by atoms with van der Waals surface area (Å²) < 4.78 is 5.33. The Bertz CT molecular complexity index is 549. The summed E-state index contributed by atoms with van der Waals surface area (Å²) in [6.45, 7) is 1.54. The Hall–Kier alpha value is -1.45. The van der Waals surface area contributed by atoms with Crippen LogP contribution in [0.5, 0.6) is 0 Å². The number of rotatable bonds is 3. The van der Waals surface area contributed by atoms with E-state index in [0.29, 0.717) is 12.3 Å². The lowest BCUT2D eigenvalue weighted by Gasteiger charge is -2.26. The maximum Gasteiger partial charge on any atom is 0.0705 e. The average molecular weight is 257 g/mol. The second-order valence-electron chi connectivity index (χ2n) is 5.22. The highest BCUT2D eigenvalue weighted by atomic mass is 16.5. The predicted molar refractivity (Wildman–Crippen MR) is 75.0 cm³/mol. The Balaban J connectivity index is 1.73. The summed E-state index contributed by atoms with van der Waals surface area (Å²) in [7, 11) is 0. The summed E-state index contributed by atoms with van der Waals surface area (Å²) in [6.07, 6.45) is 2.23. The van der Waals surface area contributed by atoms with E-state index in [4.69, 9.17) is 4.74 Å². The Labute approximate surface area is 113 Å². The van der Waals surface area contributed by atoms with Gasteiger partial charge in [0, 0.05) is 30.7 Å². The molecule has 1 fully saturated rings. The largest absolute Gasteiger partial charge is 0.392 e. The van der Waals surface area contributed by atoms with E-state index in [2.05, 4.69) is 17.1 Å². The van der Waals surface area contributed by atoms with Crippen molar-refractivity contribution in [3.63, 3.8) is 0 Å². The molecule has 1 aliphatic heterocycles. The number of ether oxygens (including phenoxy) is 1. The van der Waals surface area contributed by atoms with Gasteiger partial charge in [-0.2, -0.15) is 0 Å². The van der Waals surface area contributed by atoms with Crippen LogP contribution in [-0.2, 0) is 11.2 Å². The zero-order valence-electron chi connectivity index (χ0n) is 11.0. The monoisotopic (exact) mass is 257 g/mol. The second kappa shape index (κ2) is 5.68. The van der Waals surface area contributed by atoms with Crippen molar-refractivity contribution in [1.29, 1.82) is 0 Å². The van der Waals surface area contributed by atoms with Gasteiger partial charge in [0.15, 0.2) is 0 Å². The van der Waals surface area contributed by atoms with E-state index in [1.54, 1.807) is 0 Å². The first kappa shape index (κ1) is 12.6. The molecule has 2 heterocycles. The van der Waals surface area contributed by atoms with Crippen LogP contribution in [0.25, 0.3) is 10.9 Å². The quantitative estimate of drug-likeness (QED) is 0.919. The summed E-state index contributed by atoms with van der Waals surface area (Å²) in [4.78, 5) is 4.62. The molecule has 0 bridgehead atoms. The number of aliphatic hydroxyl groups is 1. The third-order valence-corrected chi connectivity index (χ3v) is 3.88. The first-order chi connectivity index (χ1) is 9.33. The van der Waals surface area contributed by atoms with Crippen molar-refractivity contribution in [2.45, 2.75) is 25.4 Å². The summed E-state index contributed by atoms with van der Waals surface area (Å²) in [5, 5.41) is 11.4. The van der Waals surface area contributed by atoms with Crippen molar-refractivity contribution in [3.8, 4) is 0 Å². The minimum absolute atomic E-state index is 0.308. The molecule has 1 saturated heterocycles. The third-order valence-electron chi connectivity index (χ3n) is 3.88. The van der Waals surface area contributed by atoms with Gasteiger partial charge in [-0.05, 0) is 30.9 Å². The molecule has 0 spiro atoms. The minimum atomic E-state index is -0.308. The fraction of sp³-hybridized carbons (Fsp3) is 0.438. The van der Waals surface area contributed by atoms with Crippen LogP contribution in [0, 0.1) is 5.92 Å². The molecule has 0 amide bonds. The number of aromatic nitrogens is 1. The Kier molecular flexibility index (Phi) is 3.76. The smallest absolute Gasteiger partial charge is 0.0705 e. The van der Waals surface area contributed by atoms with E-state index < -0.39 is 0 Å². The molecule has 0 saturated carbocycles. The standard InChI is InChI=1S/C16H19NO2/c18-16(13-7-9-19-10-8-13)11-14-6-5-12-3-1-2-4-15(12)17-14/h1-6,13,16,18H,7-11H2.